The third kappa shape index (κ3) is 0.982. The Bertz CT molecular complexity index is 224. The summed E-state index contributed by atoms with van der Waals surface area (Å²) in [6.07, 6.45) is 3.08. The van der Waals surface area contributed by atoms with Gasteiger partial charge in [-0.05, 0) is 19.3 Å². The molecule has 0 spiro atoms. The smallest absolute Gasteiger partial charge is 0.391 e. The molecule has 2 aliphatic rings. The normalized spacial score (nSPS) is 34.4. The van der Waals surface area contributed by atoms with Crippen molar-refractivity contribution in [2.24, 2.45) is 4.99 Å². The lowest BCUT2D eigenvalue weighted by Crippen LogP contribution is -2.18. The molecule has 1 saturated carbocycles. The Kier molecular flexibility index (Phi) is 1.34. The maximum Gasteiger partial charge on any atom is 0.391 e. The first kappa shape index (κ1) is 6.64. The molecule has 0 aromatic rings. The molecule has 2 atom stereocenters. The molecule has 1 aliphatic heterocycles. The van der Waals surface area contributed by atoms with Crippen LogP contribution in [0.5, 0.6) is 0 Å². The average Bonchev–Trinajstić information content (AvgIpc) is 2.40. The van der Waals surface area contributed by atoms with Crippen LogP contribution in [0.3, 0.4) is 0 Å². The number of nitrogens with zero attached hydrogens (tertiary/aromatic N) is 1. The Morgan fingerprint density at radius 2 is 2.45 bits per heavy atom. The van der Waals surface area contributed by atoms with Crippen LogP contribution in [0, 0.1) is 0 Å². The Hall–Kier alpha value is -1.06. The molecule has 2 rings (SSSR count). The number of fused-ring (bicyclic) bond motifs is 1. The van der Waals surface area contributed by atoms with Crippen LogP contribution in [0.2, 0.25) is 0 Å². The lowest BCUT2D eigenvalue weighted by Gasteiger charge is -2.05. The van der Waals surface area contributed by atoms with E-state index in [4.69, 9.17) is 9.84 Å². The lowest BCUT2D eigenvalue weighted by atomic mass is 10.2. The van der Waals surface area contributed by atoms with E-state index in [1.807, 2.05) is 0 Å². The van der Waals surface area contributed by atoms with E-state index in [0.717, 1.165) is 19.3 Å². The van der Waals surface area contributed by atoms with Gasteiger partial charge in [0.2, 0.25) is 0 Å². The molecule has 1 aliphatic carbocycles. The largest absolute Gasteiger partial charge is 0.474 e. The van der Waals surface area contributed by atoms with Gasteiger partial charge in [0.25, 0.3) is 5.90 Å². The van der Waals surface area contributed by atoms with Crippen molar-refractivity contribution in [3.8, 4) is 0 Å². The molecule has 0 bridgehead atoms. The molecule has 0 saturated heterocycles. The first-order valence-electron chi connectivity index (χ1n) is 3.75. The van der Waals surface area contributed by atoms with Crippen molar-refractivity contribution in [3.05, 3.63) is 0 Å². The quantitative estimate of drug-likeness (QED) is 0.597. The van der Waals surface area contributed by atoms with Crippen LogP contribution in [-0.4, -0.2) is 29.1 Å². The van der Waals surface area contributed by atoms with E-state index in [2.05, 4.69) is 4.99 Å². The van der Waals surface area contributed by atoms with E-state index >= 15 is 0 Å². The predicted molar refractivity (Wildman–Crippen MR) is 37.6 cm³/mol. The van der Waals surface area contributed by atoms with Crippen LogP contribution in [0.15, 0.2) is 4.99 Å². The number of carboxylic acid groups (broad SMARTS) is 1. The summed E-state index contributed by atoms with van der Waals surface area (Å²) in [5.41, 5.74) is 0. The van der Waals surface area contributed by atoms with Crippen LogP contribution in [0.25, 0.3) is 0 Å². The Balaban J connectivity index is 2.13. The van der Waals surface area contributed by atoms with Gasteiger partial charge in [0.1, 0.15) is 6.10 Å². The predicted octanol–water partition coefficient (Wildman–Crippen LogP) is 0.421. The minimum atomic E-state index is -1.04. The zero-order chi connectivity index (χ0) is 7.84. The number of ether oxygens (including phenoxy) is 1. The highest BCUT2D eigenvalue weighted by Gasteiger charge is 2.37. The maximum absolute atomic E-state index is 10.4. The highest BCUT2D eigenvalue weighted by Crippen LogP contribution is 2.29. The summed E-state index contributed by atoms with van der Waals surface area (Å²) >= 11 is 0. The fourth-order valence-corrected chi connectivity index (χ4v) is 1.62. The van der Waals surface area contributed by atoms with E-state index in [0.29, 0.717) is 0 Å². The van der Waals surface area contributed by atoms with Crippen molar-refractivity contribution in [1.29, 1.82) is 0 Å². The van der Waals surface area contributed by atoms with Crippen LogP contribution in [-0.2, 0) is 9.53 Å². The highest BCUT2D eigenvalue weighted by molar-refractivity contribution is 6.32. The fourth-order valence-electron chi connectivity index (χ4n) is 1.62. The third-order valence-electron chi connectivity index (χ3n) is 2.15. The fraction of sp³-hybridized carbons (Fsp3) is 0.714. The van der Waals surface area contributed by atoms with Crippen molar-refractivity contribution >= 4 is 11.9 Å². The summed E-state index contributed by atoms with van der Waals surface area (Å²) in [5.74, 6) is -1.14. The van der Waals surface area contributed by atoms with E-state index in [-0.39, 0.29) is 18.0 Å². The summed E-state index contributed by atoms with van der Waals surface area (Å²) in [6, 6.07) is 0.126. The highest BCUT2D eigenvalue weighted by atomic mass is 16.5. The molecule has 1 N–H and O–H groups in total. The molecule has 2 unspecified atom stereocenters. The average molecular weight is 155 g/mol. The van der Waals surface area contributed by atoms with E-state index < -0.39 is 5.97 Å². The van der Waals surface area contributed by atoms with Gasteiger partial charge in [0.15, 0.2) is 0 Å². The number of carboxylic acids is 1. The monoisotopic (exact) mass is 155 g/mol. The first-order valence-corrected chi connectivity index (χ1v) is 3.75. The summed E-state index contributed by atoms with van der Waals surface area (Å²) in [4.78, 5) is 14.3. The van der Waals surface area contributed by atoms with Crippen molar-refractivity contribution in [3.63, 3.8) is 0 Å². The van der Waals surface area contributed by atoms with Crippen molar-refractivity contribution in [1.82, 2.24) is 0 Å². The van der Waals surface area contributed by atoms with E-state index in [1.54, 1.807) is 0 Å². The molecule has 0 amide bonds. The number of aliphatic imine (C=N–C) groups is 1. The van der Waals surface area contributed by atoms with Crippen molar-refractivity contribution in [2.45, 2.75) is 31.4 Å². The van der Waals surface area contributed by atoms with Gasteiger partial charge >= 0.3 is 5.97 Å². The SMILES string of the molecule is O=C(O)C1=NC2CCCC2O1. The number of rotatable bonds is 1. The van der Waals surface area contributed by atoms with Gasteiger partial charge in [0.05, 0.1) is 6.04 Å². The number of hydrogen-bond donors (Lipinski definition) is 1. The number of hydrogen-bond acceptors (Lipinski definition) is 3. The third-order valence-corrected chi connectivity index (χ3v) is 2.15. The second kappa shape index (κ2) is 2.22. The Morgan fingerprint density at radius 3 is 3.09 bits per heavy atom. The summed E-state index contributed by atoms with van der Waals surface area (Å²) in [6.45, 7) is 0. The zero-order valence-electron chi connectivity index (χ0n) is 5.99. The van der Waals surface area contributed by atoms with Gasteiger partial charge in [-0.3, -0.25) is 0 Å². The molecule has 0 aromatic carbocycles. The maximum atomic E-state index is 10.4. The number of carbonyl (C=O) groups is 1. The summed E-state index contributed by atoms with van der Waals surface area (Å²) < 4.78 is 5.10. The van der Waals surface area contributed by atoms with Gasteiger partial charge in [-0.25, -0.2) is 9.79 Å². The molecule has 1 fully saturated rings. The van der Waals surface area contributed by atoms with Crippen LogP contribution in [0.1, 0.15) is 19.3 Å². The molecule has 60 valence electrons. The number of aliphatic carboxylic acids is 1. The van der Waals surface area contributed by atoms with Crippen LogP contribution < -0.4 is 0 Å². The molecule has 4 heteroatoms. The zero-order valence-corrected chi connectivity index (χ0v) is 5.99. The van der Waals surface area contributed by atoms with E-state index in [9.17, 15) is 4.79 Å². The van der Waals surface area contributed by atoms with Crippen LogP contribution >= 0.6 is 0 Å². The first-order chi connectivity index (χ1) is 5.27. The van der Waals surface area contributed by atoms with Gasteiger partial charge in [-0.15, -0.1) is 0 Å². The molecule has 0 radical (unpaired) electrons. The second-order valence-corrected chi connectivity index (χ2v) is 2.89. The van der Waals surface area contributed by atoms with E-state index in [1.165, 1.54) is 0 Å². The van der Waals surface area contributed by atoms with Gasteiger partial charge in [0, 0.05) is 0 Å². The molecule has 4 nitrogen and oxygen atoms in total. The Labute approximate surface area is 63.9 Å². The lowest BCUT2D eigenvalue weighted by molar-refractivity contribution is -0.131. The summed E-state index contributed by atoms with van der Waals surface area (Å²) in [7, 11) is 0. The molecule has 0 aromatic heterocycles. The van der Waals surface area contributed by atoms with Crippen molar-refractivity contribution in [2.75, 3.05) is 0 Å². The topological polar surface area (TPSA) is 58.9 Å². The standard InChI is InChI=1S/C7H9NO3/c9-7(10)6-8-4-2-1-3-5(4)11-6/h4-5H,1-3H2,(H,9,10). The van der Waals surface area contributed by atoms with Crippen molar-refractivity contribution < 1.29 is 14.6 Å². The van der Waals surface area contributed by atoms with Gasteiger partial charge < -0.3 is 9.84 Å². The molecular formula is C7H9NO3. The molecule has 11 heavy (non-hydrogen) atoms. The minimum absolute atomic E-state index is 0.0566. The summed E-state index contributed by atoms with van der Waals surface area (Å²) in [5, 5.41) is 8.51. The second-order valence-electron chi connectivity index (χ2n) is 2.89. The van der Waals surface area contributed by atoms with Crippen LogP contribution in [0.4, 0.5) is 0 Å². The van der Waals surface area contributed by atoms with Gasteiger partial charge in [-0.2, -0.15) is 0 Å². The Morgan fingerprint density at radius 1 is 1.64 bits per heavy atom. The van der Waals surface area contributed by atoms with Gasteiger partial charge in [-0.1, -0.05) is 0 Å². The molecule has 1 heterocycles. The minimum Gasteiger partial charge on any atom is -0.474 e. The molecular weight excluding hydrogens is 146 g/mol.